The third kappa shape index (κ3) is 2.77. The monoisotopic (exact) mass is 259 g/mol. The number of piperidine rings is 1. The zero-order valence-electron chi connectivity index (χ0n) is 9.52. The van der Waals surface area contributed by atoms with Crippen LogP contribution in [-0.4, -0.2) is 35.5 Å². The van der Waals surface area contributed by atoms with Crippen LogP contribution in [0, 0.1) is 5.92 Å². The molecule has 0 saturated carbocycles. The van der Waals surface area contributed by atoms with E-state index in [0.29, 0.717) is 24.8 Å². The largest absolute Gasteiger partial charge is 0.393 e. The van der Waals surface area contributed by atoms with E-state index < -0.39 is 12.1 Å². The Morgan fingerprint density at radius 1 is 1.33 bits per heavy atom. The van der Waals surface area contributed by atoms with Crippen LogP contribution in [0.25, 0.3) is 0 Å². The van der Waals surface area contributed by atoms with Crippen LogP contribution in [0.5, 0.6) is 0 Å². The summed E-state index contributed by atoms with van der Waals surface area (Å²) in [6.45, 7) is 0.386. The van der Waals surface area contributed by atoms with Gasteiger partial charge in [0.05, 0.1) is 11.5 Å². The van der Waals surface area contributed by atoms with Crippen LogP contribution < -0.4 is 4.90 Å². The van der Waals surface area contributed by atoms with Crippen LogP contribution in [0.15, 0.2) is 12.4 Å². The third-order valence-electron chi connectivity index (χ3n) is 2.96. The van der Waals surface area contributed by atoms with Gasteiger partial charge in [-0.15, -0.1) is 0 Å². The smallest absolute Gasteiger partial charge is 0.340 e. The molecule has 98 valence electrons. The summed E-state index contributed by atoms with van der Waals surface area (Å²) >= 11 is 0. The quantitative estimate of drug-likeness (QED) is 0.763. The first-order chi connectivity index (χ1) is 8.50. The molecular formula is C11H12F3N3O. The first kappa shape index (κ1) is 12.8. The van der Waals surface area contributed by atoms with Gasteiger partial charge >= 0.3 is 6.18 Å². The van der Waals surface area contributed by atoms with Crippen LogP contribution >= 0.6 is 0 Å². The summed E-state index contributed by atoms with van der Waals surface area (Å²) in [5.74, 6) is -1.09. The number of alkyl halides is 3. The number of rotatable bonds is 2. The number of aldehydes is 1. The molecule has 0 amide bonds. The fourth-order valence-electron chi connectivity index (χ4n) is 1.98. The molecule has 0 bridgehead atoms. The van der Waals surface area contributed by atoms with Gasteiger partial charge in [-0.1, -0.05) is 0 Å². The van der Waals surface area contributed by atoms with Crippen molar-refractivity contribution in [3.8, 4) is 0 Å². The zero-order chi connectivity index (χ0) is 13.2. The highest BCUT2D eigenvalue weighted by molar-refractivity contribution is 5.73. The molecule has 18 heavy (non-hydrogen) atoms. The Balaban J connectivity index is 2.10. The number of anilines is 1. The van der Waals surface area contributed by atoms with Gasteiger partial charge in [0.2, 0.25) is 5.95 Å². The van der Waals surface area contributed by atoms with E-state index >= 15 is 0 Å². The minimum absolute atomic E-state index is 0.121. The Morgan fingerprint density at radius 2 is 2.00 bits per heavy atom. The van der Waals surface area contributed by atoms with E-state index in [1.165, 1.54) is 17.3 Å². The number of hydrogen-bond donors (Lipinski definition) is 0. The van der Waals surface area contributed by atoms with Crippen molar-refractivity contribution in [2.24, 2.45) is 5.92 Å². The number of carbonyl (C=O) groups excluding carboxylic acids is 1. The van der Waals surface area contributed by atoms with Crippen LogP contribution in [0.4, 0.5) is 19.1 Å². The van der Waals surface area contributed by atoms with Crippen LogP contribution in [0.2, 0.25) is 0 Å². The summed E-state index contributed by atoms with van der Waals surface area (Å²) in [4.78, 5) is 19.8. The van der Waals surface area contributed by atoms with Crippen molar-refractivity contribution in [3.05, 3.63) is 18.0 Å². The predicted molar refractivity (Wildman–Crippen MR) is 58.4 cm³/mol. The summed E-state index contributed by atoms with van der Waals surface area (Å²) in [5.41, 5.74) is 0.308. The highest BCUT2D eigenvalue weighted by Crippen LogP contribution is 2.33. The van der Waals surface area contributed by atoms with Crippen LogP contribution in [-0.2, 0) is 0 Å². The van der Waals surface area contributed by atoms with E-state index in [4.69, 9.17) is 0 Å². The second-order valence-corrected chi connectivity index (χ2v) is 4.26. The van der Waals surface area contributed by atoms with Crippen molar-refractivity contribution in [1.82, 2.24) is 9.97 Å². The van der Waals surface area contributed by atoms with Gasteiger partial charge in [-0.05, 0) is 12.8 Å². The normalized spacial score (nSPS) is 20.8. The second-order valence-electron chi connectivity index (χ2n) is 4.26. The van der Waals surface area contributed by atoms with Gasteiger partial charge in [0.25, 0.3) is 0 Å². The average Bonchev–Trinajstić information content (AvgIpc) is 2.38. The van der Waals surface area contributed by atoms with Crippen molar-refractivity contribution in [1.29, 1.82) is 0 Å². The van der Waals surface area contributed by atoms with Crippen molar-refractivity contribution in [3.63, 3.8) is 0 Å². The molecule has 1 atom stereocenters. The Morgan fingerprint density at radius 3 is 2.56 bits per heavy atom. The van der Waals surface area contributed by atoms with Crippen molar-refractivity contribution < 1.29 is 18.0 Å². The van der Waals surface area contributed by atoms with E-state index in [-0.39, 0.29) is 18.9 Å². The van der Waals surface area contributed by atoms with E-state index in [1.54, 1.807) is 0 Å². The molecule has 0 aliphatic carbocycles. The first-order valence-corrected chi connectivity index (χ1v) is 5.59. The Kier molecular flexibility index (Phi) is 3.49. The Bertz CT molecular complexity index is 419. The number of carbonyl (C=O) groups is 1. The molecule has 0 aromatic carbocycles. The lowest BCUT2D eigenvalue weighted by Gasteiger charge is -2.33. The van der Waals surface area contributed by atoms with Gasteiger partial charge in [0.1, 0.15) is 0 Å². The summed E-state index contributed by atoms with van der Waals surface area (Å²) < 4.78 is 37.9. The molecular weight excluding hydrogens is 247 g/mol. The SMILES string of the molecule is O=Cc1cnc(N2CCCC(C(F)(F)F)C2)nc1. The first-order valence-electron chi connectivity index (χ1n) is 5.59. The third-order valence-corrected chi connectivity index (χ3v) is 2.96. The summed E-state index contributed by atoms with van der Waals surface area (Å²) in [6.07, 6.45) is -0.353. The Labute approximate surface area is 102 Å². The zero-order valence-corrected chi connectivity index (χ0v) is 9.52. The van der Waals surface area contributed by atoms with Crippen molar-refractivity contribution in [2.75, 3.05) is 18.0 Å². The van der Waals surface area contributed by atoms with E-state index in [2.05, 4.69) is 9.97 Å². The maximum Gasteiger partial charge on any atom is 0.393 e. The molecule has 2 heterocycles. The summed E-state index contributed by atoms with van der Waals surface area (Å²) in [5, 5.41) is 0. The van der Waals surface area contributed by atoms with E-state index in [1.807, 2.05) is 0 Å². The van der Waals surface area contributed by atoms with E-state index in [9.17, 15) is 18.0 Å². The average molecular weight is 259 g/mol. The number of nitrogens with zero attached hydrogens (tertiary/aromatic N) is 3. The van der Waals surface area contributed by atoms with Gasteiger partial charge in [0.15, 0.2) is 6.29 Å². The number of aromatic nitrogens is 2. The van der Waals surface area contributed by atoms with Gasteiger partial charge < -0.3 is 4.90 Å². The molecule has 0 N–H and O–H groups in total. The fourth-order valence-corrected chi connectivity index (χ4v) is 1.98. The summed E-state index contributed by atoms with van der Waals surface area (Å²) in [7, 11) is 0. The highest BCUT2D eigenvalue weighted by Gasteiger charge is 2.42. The van der Waals surface area contributed by atoms with Gasteiger partial charge in [-0.3, -0.25) is 4.79 Å². The fraction of sp³-hybridized carbons (Fsp3) is 0.545. The maximum atomic E-state index is 12.6. The van der Waals surface area contributed by atoms with Crippen molar-refractivity contribution >= 4 is 12.2 Å². The highest BCUT2D eigenvalue weighted by atomic mass is 19.4. The molecule has 1 unspecified atom stereocenters. The maximum absolute atomic E-state index is 12.6. The van der Waals surface area contributed by atoms with Crippen LogP contribution in [0.1, 0.15) is 23.2 Å². The molecule has 0 spiro atoms. The molecule has 1 fully saturated rings. The molecule has 2 rings (SSSR count). The molecule has 1 aliphatic heterocycles. The van der Waals surface area contributed by atoms with Gasteiger partial charge in [-0.25, -0.2) is 9.97 Å². The summed E-state index contributed by atoms with van der Waals surface area (Å²) in [6, 6.07) is 0. The molecule has 1 saturated heterocycles. The molecule has 0 radical (unpaired) electrons. The van der Waals surface area contributed by atoms with Crippen molar-refractivity contribution in [2.45, 2.75) is 19.0 Å². The predicted octanol–water partition coefficient (Wildman–Crippen LogP) is 2.07. The number of hydrogen-bond acceptors (Lipinski definition) is 4. The molecule has 1 aliphatic rings. The second kappa shape index (κ2) is 4.91. The van der Waals surface area contributed by atoms with E-state index in [0.717, 1.165) is 0 Å². The number of halogens is 3. The van der Waals surface area contributed by atoms with Gasteiger partial charge in [0, 0.05) is 25.5 Å². The molecule has 1 aromatic rings. The lowest BCUT2D eigenvalue weighted by Crippen LogP contribution is -2.42. The molecule has 1 aromatic heterocycles. The minimum Gasteiger partial charge on any atom is -0.340 e. The van der Waals surface area contributed by atoms with Crippen LogP contribution in [0.3, 0.4) is 0 Å². The lowest BCUT2D eigenvalue weighted by molar-refractivity contribution is -0.176. The topological polar surface area (TPSA) is 46.1 Å². The lowest BCUT2D eigenvalue weighted by atomic mass is 9.98. The minimum atomic E-state index is -4.18. The standard InChI is InChI=1S/C11H12F3N3O/c12-11(13,14)9-2-1-3-17(6-9)10-15-4-8(7-18)5-16-10/h4-5,7,9H,1-3,6H2. The molecule has 4 nitrogen and oxygen atoms in total. The Hall–Kier alpha value is -1.66. The molecule has 7 heteroatoms. The van der Waals surface area contributed by atoms with Gasteiger partial charge in [-0.2, -0.15) is 13.2 Å².